The predicted octanol–water partition coefficient (Wildman–Crippen LogP) is 2.93. The molecule has 1 aromatic carbocycles. The molecule has 18 heavy (non-hydrogen) atoms. The van der Waals surface area contributed by atoms with Gasteiger partial charge in [-0.2, -0.15) is 0 Å². The van der Waals surface area contributed by atoms with Crippen LogP contribution in [0.3, 0.4) is 0 Å². The minimum absolute atomic E-state index is 0.162. The van der Waals surface area contributed by atoms with Crippen molar-refractivity contribution in [2.24, 2.45) is 5.92 Å². The third kappa shape index (κ3) is 2.22. The maximum Gasteiger partial charge on any atom is 0.143 e. The van der Waals surface area contributed by atoms with Crippen LogP contribution in [-0.2, 0) is 22.4 Å². The van der Waals surface area contributed by atoms with Crippen molar-refractivity contribution in [3.8, 4) is 0 Å². The molecule has 1 aromatic rings. The zero-order valence-electron chi connectivity index (χ0n) is 10.9. The fraction of sp³-hybridized carbons (Fsp3) is 0.562. The normalized spacial score (nSPS) is 29.7. The molecule has 2 aliphatic rings. The van der Waals surface area contributed by atoms with E-state index in [1.165, 1.54) is 5.56 Å². The second-order valence-electron chi connectivity index (χ2n) is 5.53. The number of ether oxygens (including phenoxy) is 1. The van der Waals surface area contributed by atoms with Crippen LogP contribution < -0.4 is 0 Å². The Morgan fingerprint density at radius 1 is 1.22 bits per heavy atom. The first kappa shape index (κ1) is 11.9. The summed E-state index contributed by atoms with van der Waals surface area (Å²) >= 11 is 0. The van der Waals surface area contributed by atoms with Crippen molar-refractivity contribution >= 4 is 5.78 Å². The maximum atomic E-state index is 12.3. The lowest BCUT2D eigenvalue weighted by atomic mass is 9.84. The fourth-order valence-electron chi connectivity index (χ4n) is 3.20. The Morgan fingerprint density at radius 3 is 2.50 bits per heavy atom. The molecule has 0 amide bonds. The van der Waals surface area contributed by atoms with Gasteiger partial charge in [-0.05, 0) is 36.8 Å². The van der Waals surface area contributed by atoms with Crippen molar-refractivity contribution in [2.45, 2.75) is 51.2 Å². The van der Waals surface area contributed by atoms with E-state index >= 15 is 0 Å². The summed E-state index contributed by atoms with van der Waals surface area (Å²) in [6.07, 6.45) is 5.39. The number of aryl methyl sites for hydroxylation is 1. The molecule has 3 atom stereocenters. The molecule has 0 radical (unpaired) electrons. The Hall–Kier alpha value is -1.15. The van der Waals surface area contributed by atoms with Crippen LogP contribution >= 0.6 is 0 Å². The second-order valence-corrected chi connectivity index (χ2v) is 5.53. The van der Waals surface area contributed by atoms with Crippen LogP contribution in [0.15, 0.2) is 24.3 Å². The van der Waals surface area contributed by atoms with Crippen LogP contribution in [0.4, 0.5) is 0 Å². The number of benzene rings is 1. The summed E-state index contributed by atoms with van der Waals surface area (Å²) in [5.41, 5.74) is 2.47. The van der Waals surface area contributed by atoms with Gasteiger partial charge in [-0.3, -0.25) is 4.79 Å². The second kappa shape index (κ2) is 4.85. The highest BCUT2D eigenvalue weighted by molar-refractivity contribution is 5.84. The molecule has 0 saturated carbocycles. The fourth-order valence-corrected chi connectivity index (χ4v) is 3.20. The summed E-state index contributed by atoms with van der Waals surface area (Å²) in [5, 5.41) is 0. The van der Waals surface area contributed by atoms with E-state index in [1.807, 2.05) is 0 Å². The molecule has 2 aliphatic heterocycles. The first-order chi connectivity index (χ1) is 8.76. The third-order valence-corrected chi connectivity index (χ3v) is 4.33. The smallest absolute Gasteiger partial charge is 0.143 e. The van der Waals surface area contributed by atoms with E-state index in [0.29, 0.717) is 18.3 Å². The topological polar surface area (TPSA) is 26.3 Å². The number of ketones is 1. The SMILES string of the molecule is CCc1ccc(CC(=O)C2CC3CCC2O3)cc1. The Labute approximate surface area is 108 Å². The molecule has 0 N–H and O–H groups in total. The Balaban J connectivity index is 1.63. The predicted molar refractivity (Wildman–Crippen MR) is 70.5 cm³/mol. The summed E-state index contributed by atoms with van der Waals surface area (Å²) in [6.45, 7) is 2.15. The highest BCUT2D eigenvalue weighted by atomic mass is 16.5. The zero-order valence-corrected chi connectivity index (χ0v) is 10.9. The van der Waals surface area contributed by atoms with Crippen molar-refractivity contribution in [1.82, 2.24) is 0 Å². The molecule has 0 aliphatic carbocycles. The molecule has 2 fully saturated rings. The van der Waals surface area contributed by atoms with Gasteiger partial charge in [0.2, 0.25) is 0 Å². The van der Waals surface area contributed by atoms with E-state index in [4.69, 9.17) is 4.74 Å². The zero-order chi connectivity index (χ0) is 12.5. The van der Waals surface area contributed by atoms with Crippen LogP contribution in [0, 0.1) is 5.92 Å². The van der Waals surface area contributed by atoms with Crippen molar-refractivity contribution in [1.29, 1.82) is 0 Å². The molecule has 2 bridgehead atoms. The van der Waals surface area contributed by atoms with Crippen molar-refractivity contribution in [2.75, 3.05) is 0 Å². The van der Waals surface area contributed by atoms with Gasteiger partial charge in [0.05, 0.1) is 12.2 Å². The lowest BCUT2D eigenvalue weighted by molar-refractivity contribution is -0.123. The largest absolute Gasteiger partial charge is 0.374 e. The van der Waals surface area contributed by atoms with Gasteiger partial charge in [-0.15, -0.1) is 0 Å². The number of carbonyl (C=O) groups excluding carboxylic acids is 1. The Kier molecular flexibility index (Phi) is 3.21. The number of hydrogen-bond donors (Lipinski definition) is 0. The molecule has 0 spiro atoms. The molecule has 3 unspecified atom stereocenters. The monoisotopic (exact) mass is 244 g/mol. The molecule has 2 heteroatoms. The van der Waals surface area contributed by atoms with E-state index in [1.54, 1.807) is 0 Å². The molecule has 2 nitrogen and oxygen atoms in total. The van der Waals surface area contributed by atoms with E-state index in [2.05, 4.69) is 31.2 Å². The summed E-state index contributed by atoms with van der Waals surface area (Å²) in [7, 11) is 0. The quantitative estimate of drug-likeness (QED) is 0.814. The number of hydrogen-bond acceptors (Lipinski definition) is 2. The summed E-state index contributed by atoms with van der Waals surface area (Å²) in [5.74, 6) is 0.529. The minimum Gasteiger partial charge on any atom is -0.374 e. The van der Waals surface area contributed by atoms with Gasteiger partial charge in [-0.1, -0.05) is 31.2 Å². The first-order valence-corrected chi connectivity index (χ1v) is 7.02. The number of Topliss-reactive ketones (excluding diaryl/α,β-unsaturated/α-hetero) is 1. The van der Waals surface area contributed by atoms with Crippen LogP contribution in [0.2, 0.25) is 0 Å². The minimum atomic E-state index is 0.162. The molecule has 3 rings (SSSR count). The molecule has 0 aromatic heterocycles. The molecular weight excluding hydrogens is 224 g/mol. The van der Waals surface area contributed by atoms with Crippen LogP contribution in [0.1, 0.15) is 37.3 Å². The van der Waals surface area contributed by atoms with Crippen LogP contribution in [0.5, 0.6) is 0 Å². The highest BCUT2D eigenvalue weighted by Gasteiger charge is 2.43. The Bertz CT molecular complexity index is 435. The molecule has 2 saturated heterocycles. The molecule has 96 valence electrons. The van der Waals surface area contributed by atoms with E-state index in [-0.39, 0.29) is 12.0 Å². The van der Waals surface area contributed by atoms with E-state index < -0.39 is 0 Å². The summed E-state index contributed by atoms with van der Waals surface area (Å²) in [6, 6.07) is 8.43. The third-order valence-electron chi connectivity index (χ3n) is 4.33. The number of fused-ring (bicyclic) bond motifs is 2. The number of rotatable bonds is 4. The lowest BCUT2D eigenvalue weighted by Crippen LogP contribution is -2.26. The van der Waals surface area contributed by atoms with Gasteiger partial charge >= 0.3 is 0 Å². The van der Waals surface area contributed by atoms with Crippen molar-refractivity contribution < 1.29 is 9.53 Å². The highest BCUT2D eigenvalue weighted by Crippen LogP contribution is 2.39. The van der Waals surface area contributed by atoms with Gasteiger partial charge in [0.25, 0.3) is 0 Å². The van der Waals surface area contributed by atoms with E-state index in [0.717, 1.165) is 31.2 Å². The average Bonchev–Trinajstić information content (AvgIpc) is 3.02. The van der Waals surface area contributed by atoms with Gasteiger partial charge in [0.1, 0.15) is 5.78 Å². The average molecular weight is 244 g/mol. The van der Waals surface area contributed by atoms with Crippen molar-refractivity contribution in [3.63, 3.8) is 0 Å². The van der Waals surface area contributed by atoms with Gasteiger partial charge in [-0.25, -0.2) is 0 Å². The van der Waals surface area contributed by atoms with Crippen LogP contribution in [0.25, 0.3) is 0 Å². The van der Waals surface area contributed by atoms with Gasteiger partial charge < -0.3 is 4.74 Å². The lowest BCUT2D eigenvalue weighted by Gasteiger charge is -2.17. The molecule has 2 heterocycles. The molecular formula is C16H20O2. The maximum absolute atomic E-state index is 12.3. The number of carbonyl (C=O) groups is 1. The van der Waals surface area contributed by atoms with Crippen LogP contribution in [-0.4, -0.2) is 18.0 Å². The standard InChI is InChI=1S/C16H20O2/c1-2-11-3-5-12(6-4-11)9-15(17)14-10-13-7-8-16(14)18-13/h3-6,13-14,16H,2,7-10H2,1H3. The van der Waals surface area contributed by atoms with Gasteiger partial charge in [0, 0.05) is 12.3 Å². The summed E-state index contributed by atoms with van der Waals surface area (Å²) < 4.78 is 5.76. The Morgan fingerprint density at radius 2 is 1.94 bits per heavy atom. The van der Waals surface area contributed by atoms with E-state index in [9.17, 15) is 4.79 Å². The summed E-state index contributed by atoms with van der Waals surface area (Å²) in [4.78, 5) is 12.3. The van der Waals surface area contributed by atoms with Crippen molar-refractivity contribution in [3.05, 3.63) is 35.4 Å². The van der Waals surface area contributed by atoms with Gasteiger partial charge in [0.15, 0.2) is 0 Å². The first-order valence-electron chi connectivity index (χ1n) is 7.02.